The summed E-state index contributed by atoms with van der Waals surface area (Å²) >= 11 is 0. The van der Waals surface area contributed by atoms with Crippen molar-refractivity contribution >= 4 is 0 Å². The van der Waals surface area contributed by atoms with Crippen molar-refractivity contribution in [2.45, 2.75) is 26.7 Å². The summed E-state index contributed by atoms with van der Waals surface area (Å²) < 4.78 is 0. The molecule has 0 radical (unpaired) electrons. The second-order valence-electron chi connectivity index (χ2n) is 2.68. The highest BCUT2D eigenvalue weighted by Crippen LogP contribution is 2.21. The summed E-state index contributed by atoms with van der Waals surface area (Å²) in [5, 5.41) is 0. The average Bonchev–Trinajstić information content (AvgIpc) is 2.37. The van der Waals surface area contributed by atoms with Crippen molar-refractivity contribution in [2.75, 3.05) is 0 Å². The van der Waals surface area contributed by atoms with E-state index in [1.165, 1.54) is 12.8 Å². The van der Waals surface area contributed by atoms with Gasteiger partial charge in [0.1, 0.15) is 0 Å². The van der Waals surface area contributed by atoms with E-state index in [1.807, 2.05) is 0 Å². The highest BCUT2D eigenvalue weighted by molar-refractivity contribution is 5.24. The molecule has 0 heterocycles. The van der Waals surface area contributed by atoms with Gasteiger partial charge in [0.05, 0.1) is 0 Å². The molecule has 0 aromatic rings. The van der Waals surface area contributed by atoms with Crippen LogP contribution >= 0.6 is 0 Å². The SMILES string of the molecule is CCC(C)C1=CC=CC1. The first-order valence-electron chi connectivity index (χ1n) is 3.70. The second kappa shape index (κ2) is 2.86. The van der Waals surface area contributed by atoms with Crippen LogP contribution in [-0.4, -0.2) is 0 Å². The number of allylic oxidation sites excluding steroid dienone is 4. The maximum atomic E-state index is 2.29. The molecule has 0 aliphatic heterocycles. The van der Waals surface area contributed by atoms with Crippen molar-refractivity contribution in [1.82, 2.24) is 0 Å². The van der Waals surface area contributed by atoms with Crippen molar-refractivity contribution in [3.8, 4) is 0 Å². The third kappa shape index (κ3) is 1.44. The third-order valence-electron chi connectivity index (χ3n) is 2.05. The highest BCUT2D eigenvalue weighted by atomic mass is 14.1. The summed E-state index contributed by atoms with van der Waals surface area (Å²) in [6.07, 6.45) is 9.08. The summed E-state index contributed by atoms with van der Waals surface area (Å²) in [5.74, 6) is 0.792. The normalized spacial score (nSPS) is 20.0. The molecule has 0 bridgehead atoms. The fourth-order valence-corrected chi connectivity index (χ4v) is 1.09. The number of rotatable bonds is 2. The van der Waals surface area contributed by atoms with Crippen molar-refractivity contribution in [1.29, 1.82) is 0 Å². The Morgan fingerprint density at radius 3 is 2.89 bits per heavy atom. The van der Waals surface area contributed by atoms with Gasteiger partial charge in [-0.3, -0.25) is 0 Å². The molecule has 1 unspecified atom stereocenters. The molecule has 1 aliphatic carbocycles. The number of hydrogen-bond donors (Lipinski definition) is 0. The maximum absolute atomic E-state index is 2.29. The van der Waals surface area contributed by atoms with E-state index < -0.39 is 0 Å². The molecule has 0 spiro atoms. The Kier molecular flexibility index (Phi) is 2.10. The first kappa shape index (κ1) is 6.60. The molecule has 0 heteroatoms. The van der Waals surface area contributed by atoms with Crippen LogP contribution in [0.2, 0.25) is 0 Å². The van der Waals surface area contributed by atoms with Crippen LogP contribution in [0.3, 0.4) is 0 Å². The summed E-state index contributed by atoms with van der Waals surface area (Å²) in [7, 11) is 0. The van der Waals surface area contributed by atoms with Crippen LogP contribution in [0, 0.1) is 5.92 Å². The molecule has 0 N–H and O–H groups in total. The van der Waals surface area contributed by atoms with Gasteiger partial charge in [-0.05, 0) is 18.8 Å². The minimum Gasteiger partial charge on any atom is -0.0805 e. The summed E-state index contributed by atoms with van der Waals surface area (Å²) in [4.78, 5) is 0. The van der Waals surface area contributed by atoms with Gasteiger partial charge in [0.15, 0.2) is 0 Å². The Morgan fingerprint density at radius 1 is 1.67 bits per heavy atom. The molecule has 0 nitrogen and oxygen atoms in total. The van der Waals surface area contributed by atoms with E-state index in [0.717, 1.165) is 5.92 Å². The molecule has 50 valence electrons. The van der Waals surface area contributed by atoms with Gasteiger partial charge in [0, 0.05) is 0 Å². The Hall–Kier alpha value is -0.520. The predicted octanol–water partition coefficient (Wildman–Crippen LogP) is 2.92. The minimum atomic E-state index is 0.792. The molecule has 1 atom stereocenters. The van der Waals surface area contributed by atoms with Gasteiger partial charge in [0.2, 0.25) is 0 Å². The van der Waals surface area contributed by atoms with Gasteiger partial charge in [-0.15, -0.1) is 0 Å². The van der Waals surface area contributed by atoms with Crippen LogP contribution in [0.5, 0.6) is 0 Å². The summed E-state index contributed by atoms with van der Waals surface area (Å²) in [6, 6.07) is 0. The first-order valence-corrected chi connectivity index (χ1v) is 3.70. The van der Waals surface area contributed by atoms with Crippen LogP contribution in [0.25, 0.3) is 0 Å². The molecule has 0 aromatic carbocycles. The minimum absolute atomic E-state index is 0.792. The standard InChI is InChI=1S/C9H14/c1-3-8(2)9-6-4-5-7-9/h4-6,8H,3,7H2,1-2H3. The van der Waals surface area contributed by atoms with Gasteiger partial charge in [0.25, 0.3) is 0 Å². The van der Waals surface area contributed by atoms with Gasteiger partial charge in [-0.25, -0.2) is 0 Å². The van der Waals surface area contributed by atoms with Crippen LogP contribution in [0.15, 0.2) is 23.8 Å². The first-order chi connectivity index (χ1) is 4.34. The fraction of sp³-hybridized carbons (Fsp3) is 0.556. The maximum Gasteiger partial charge on any atom is -0.0130 e. The summed E-state index contributed by atoms with van der Waals surface area (Å²) in [5.41, 5.74) is 1.59. The lowest BCUT2D eigenvalue weighted by atomic mass is 9.98. The molecular formula is C9H14. The molecule has 0 saturated heterocycles. The largest absolute Gasteiger partial charge is 0.0805 e. The topological polar surface area (TPSA) is 0 Å². The smallest absolute Gasteiger partial charge is 0.0130 e. The van der Waals surface area contributed by atoms with Crippen LogP contribution in [0.1, 0.15) is 26.7 Å². The number of hydrogen-bond acceptors (Lipinski definition) is 0. The van der Waals surface area contributed by atoms with Crippen molar-refractivity contribution in [3.05, 3.63) is 23.8 Å². The third-order valence-corrected chi connectivity index (χ3v) is 2.05. The molecule has 0 fully saturated rings. The van der Waals surface area contributed by atoms with Crippen LogP contribution in [-0.2, 0) is 0 Å². The Morgan fingerprint density at radius 2 is 2.44 bits per heavy atom. The molecule has 0 aromatic heterocycles. The Bertz CT molecular complexity index is 140. The fourth-order valence-electron chi connectivity index (χ4n) is 1.09. The zero-order valence-corrected chi connectivity index (χ0v) is 6.22. The van der Waals surface area contributed by atoms with E-state index >= 15 is 0 Å². The molecule has 0 amide bonds. The van der Waals surface area contributed by atoms with Crippen LogP contribution in [0.4, 0.5) is 0 Å². The summed E-state index contributed by atoms with van der Waals surface area (Å²) in [6.45, 7) is 4.53. The van der Waals surface area contributed by atoms with E-state index in [0.29, 0.717) is 0 Å². The zero-order chi connectivity index (χ0) is 6.69. The van der Waals surface area contributed by atoms with E-state index in [-0.39, 0.29) is 0 Å². The predicted molar refractivity (Wildman–Crippen MR) is 41.3 cm³/mol. The monoisotopic (exact) mass is 122 g/mol. The lowest BCUT2D eigenvalue weighted by molar-refractivity contribution is 0.646. The lowest BCUT2D eigenvalue weighted by Crippen LogP contribution is -1.93. The van der Waals surface area contributed by atoms with E-state index in [1.54, 1.807) is 5.57 Å². The Labute approximate surface area is 57.3 Å². The molecule has 9 heavy (non-hydrogen) atoms. The van der Waals surface area contributed by atoms with E-state index in [9.17, 15) is 0 Å². The van der Waals surface area contributed by atoms with Gasteiger partial charge < -0.3 is 0 Å². The quantitative estimate of drug-likeness (QED) is 0.528. The van der Waals surface area contributed by atoms with Crippen LogP contribution < -0.4 is 0 Å². The highest BCUT2D eigenvalue weighted by Gasteiger charge is 2.05. The van der Waals surface area contributed by atoms with Crippen molar-refractivity contribution in [2.24, 2.45) is 5.92 Å². The molecular weight excluding hydrogens is 108 g/mol. The van der Waals surface area contributed by atoms with E-state index in [2.05, 4.69) is 32.1 Å². The van der Waals surface area contributed by atoms with Gasteiger partial charge in [-0.1, -0.05) is 37.6 Å². The van der Waals surface area contributed by atoms with Gasteiger partial charge in [-0.2, -0.15) is 0 Å². The van der Waals surface area contributed by atoms with Crippen molar-refractivity contribution < 1.29 is 0 Å². The zero-order valence-electron chi connectivity index (χ0n) is 6.22. The lowest BCUT2D eigenvalue weighted by Gasteiger charge is -2.07. The molecule has 1 aliphatic rings. The molecule has 1 rings (SSSR count). The molecule has 0 saturated carbocycles. The van der Waals surface area contributed by atoms with E-state index in [4.69, 9.17) is 0 Å². The van der Waals surface area contributed by atoms with Crippen molar-refractivity contribution in [3.63, 3.8) is 0 Å². The van der Waals surface area contributed by atoms with Gasteiger partial charge >= 0.3 is 0 Å². The average molecular weight is 122 g/mol. The Balaban J connectivity index is 2.45. The second-order valence-corrected chi connectivity index (χ2v) is 2.68.